The number of carboxylic acid groups (broad SMARTS) is 1. The number of primary amides is 1. The Kier molecular flexibility index (Phi) is 13.1. The second-order valence-electron chi connectivity index (χ2n) is 5.50. The largest absolute Gasteiger partial charge is 0.480 e. The minimum Gasteiger partial charge on any atom is -0.480 e. The summed E-state index contributed by atoms with van der Waals surface area (Å²) in [5, 5.41) is 8.69. The number of halogens is 2. The van der Waals surface area contributed by atoms with Crippen molar-refractivity contribution in [3.8, 4) is 0 Å². The Balaban J connectivity index is 0. The predicted octanol–water partition coefficient (Wildman–Crippen LogP) is 1.27. The lowest BCUT2D eigenvalue weighted by molar-refractivity contribution is -0.147. The molecule has 0 bridgehead atoms. The average molecular weight is 414 g/mol. The first-order chi connectivity index (χ1) is 11.3. The van der Waals surface area contributed by atoms with Crippen LogP contribution in [-0.2, 0) is 19.2 Å². The minimum atomic E-state index is -0.939. The molecule has 2 rings (SSSR count). The molecule has 3 N–H and O–H groups in total. The molecule has 2 aliphatic rings. The fraction of sp³-hybridized carbons (Fsp3) is 0.750. The van der Waals surface area contributed by atoms with Crippen LogP contribution in [0.3, 0.4) is 0 Å². The third kappa shape index (κ3) is 6.99. The van der Waals surface area contributed by atoms with Crippen molar-refractivity contribution < 1.29 is 24.3 Å². The number of nitrogens with zero attached hydrogens (tertiary/aromatic N) is 2. The normalized spacial score (nSPS) is 21.0. The molecule has 2 unspecified atom stereocenters. The van der Waals surface area contributed by atoms with E-state index in [0.29, 0.717) is 25.9 Å². The highest BCUT2D eigenvalue weighted by atomic mass is 35.5. The summed E-state index contributed by atoms with van der Waals surface area (Å²) in [5.74, 6) is -2.09. The second-order valence-corrected chi connectivity index (χ2v) is 6.03. The first-order valence-electron chi connectivity index (χ1n) is 7.56. The van der Waals surface area contributed by atoms with Crippen LogP contribution >= 0.6 is 23.2 Å². The Morgan fingerprint density at radius 3 is 1.62 bits per heavy atom. The van der Waals surface area contributed by atoms with Crippen molar-refractivity contribution in [2.75, 3.05) is 24.8 Å². The lowest BCUT2D eigenvalue weighted by atomic mass is 10.2. The van der Waals surface area contributed by atoms with Gasteiger partial charge in [0.25, 0.3) is 0 Å². The van der Waals surface area contributed by atoms with Crippen LogP contribution in [0, 0.1) is 0 Å². The Bertz CT molecular complexity index is 460. The summed E-state index contributed by atoms with van der Waals surface area (Å²) < 4.78 is 0. The molecule has 3 amide bonds. The molecule has 8 nitrogen and oxygen atoms in total. The van der Waals surface area contributed by atoms with Crippen LogP contribution in [0.1, 0.15) is 40.5 Å². The molecular weight excluding hydrogens is 385 g/mol. The van der Waals surface area contributed by atoms with E-state index in [1.807, 2.05) is 0 Å². The Morgan fingerprint density at radius 2 is 1.27 bits per heavy atom. The van der Waals surface area contributed by atoms with Gasteiger partial charge >= 0.3 is 5.97 Å². The zero-order valence-electron chi connectivity index (χ0n) is 13.1. The summed E-state index contributed by atoms with van der Waals surface area (Å²) in [5.41, 5.74) is 5.10. The lowest BCUT2D eigenvalue weighted by Gasteiger charge is -2.20. The predicted molar refractivity (Wildman–Crippen MR) is 101 cm³/mol. The Hall–Kier alpha value is -1.54. The maximum Gasteiger partial charge on any atom is 0.326 e. The molecule has 2 fully saturated rings. The van der Waals surface area contributed by atoms with Crippen molar-refractivity contribution >= 4 is 46.9 Å². The van der Waals surface area contributed by atoms with Gasteiger partial charge in [0, 0.05) is 13.1 Å². The molecule has 0 aromatic rings. The van der Waals surface area contributed by atoms with Crippen molar-refractivity contribution in [2.45, 2.75) is 52.6 Å². The van der Waals surface area contributed by atoms with Gasteiger partial charge in [0.05, 0.1) is 0 Å². The summed E-state index contributed by atoms with van der Waals surface area (Å²) in [7, 11) is 0. The van der Waals surface area contributed by atoms with Gasteiger partial charge in [0.15, 0.2) is 0 Å². The fourth-order valence-corrected chi connectivity index (χ4v) is 3.14. The summed E-state index contributed by atoms with van der Waals surface area (Å²) in [6, 6.07) is -1.09. The molecule has 0 aromatic carbocycles. The molecule has 152 valence electrons. The number of alkyl halides is 2. The maximum atomic E-state index is 11.1. The highest BCUT2D eigenvalue weighted by molar-refractivity contribution is 6.27. The first kappa shape index (κ1) is 26.7. The number of carboxylic acids is 1. The second kappa shape index (κ2) is 12.8. The van der Waals surface area contributed by atoms with E-state index >= 15 is 0 Å². The van der Waals surface area contributed by atoms with Crippen molar-refractivity contribution in [3.05, 3.63) is 0 Å². The van der Waals surface area contributed by atoms with Gasteiger partial charge in [0.1, 0.15) is 23.8 Å². The number of hydrogen-bond acceptors (Lipinski definition) is 4. The van der Waals surface area contributed by atoms with E-state index in [1.54, 1.807) is 0 Å². The Morgan fingerprint density at radius 1 is 0.885 bits per heavy atom. The molecule has 26 heavy (non-hydrogen) atoms. The van der Waals surface area contributed by atoms with Crippen LogP contribution in [0.5, 0.6) is 0 Å². The smallest absolute Gasteiger partial charge is 0.326 e. The zero-order chi connectivity index (χ0) is 18.3. The van der Waals surface area contributed by atoms with Crippen molar-refractivity contribution in [2.24, 2.45) is 5.73 Å². The molecule has 10 heteroatoms. The summed E-state index contributed by atoms with van der Waals surface area (Å²) in [6.45, 7) is 1.11. The quantitative estimate of drug-likeness (QED) is 0.672. The van der Waals surface area contributed by atoms with Gasteiger partial charge in [-0.3, -0.25) is 14.4 Å². The number of rotatable bonds is 4. The van der Waals surface area contributed by atoms with E-state index in [4.69, 9.17) is 34.0 Å². The number of likely N-dealkylation sites (tertiary alicyclic amines) is 2. The van der Waals surface area contributed by atoms with E-state index in [2.05, 4.69) is 0 Å². The number of amides is 3. The molecule has 2 heterocycles. The minimum absolute atomic E-state index is 0. The summed E-state index contributed by atoms with van der Waals surface area (Å²) in [6.07, 6.45) is 2.78. The SMILES string of the molecule is C.C.NC(=O)C1CCCN1C(=O)CCl.O=C(O)C1CCCN1C(=O)CCl. The van der Waals surface area contributed by atoms with Crippen molar-refractivity contribution in [3.63, 3.8) is 0 Å². The number of carbonyl (C=O) groups excluding carboxylic acids is 3. The van der Waals surface area contributed by atoms with E-state index in [-0.39, 0.29) is 38.4 Å². The van der Waals surface area contributed by atoms with Gasteiger partial charge in [-0.2, -0.15) is 0 Å². The summed E-state index contributed by atoms with van der Waals surface area (Å²) in [4.78, 5) is 46.4. The van der Waals surface area contributed by atoms with Gasteiger partial charge in [-0.05, 0) is 25.7 Å². The van der Waals surface area contributed by atoms with E-state index in [9.17, 15) is 19.2 Å². The van der Waals surface area contributed by atoms with Gasteiger partial charge in [0.2, 0.25) is 17.7 Å². The summed E-state index contributed by atoms with van der Waals surface area (Å²) >= 11 is 10.7. The maximum absolute atomic E-state index is 11.1. The van der Waals surface area contributed by atoms with Crippen LogP contribution in [0.4, 0.5) is 0 Å². The number of aliphatic carboxylic acids is 1. The molecule has 0 spiro atoms. The number of hydrogen-bond donors (Lipinski definition) is 2. The first-order valence-corrected chi connectivity index (χ1v) is 8.63. The van der Waals surface area contributed by atoms with Gasteiger partial charge in [-0.25, -0.2) is 4.79 Å². The van der Waals surface area contributed by atoms with Crippen LogP contribution in [0.25, 0.3) is 0 Å². The molecule has 0 saturated carbocycles. The fourth-order valence-electron chi connectivity index (χ4n) is 2.84. The van der Waals surface area contributed by atoms with Crippen LogP contribution in [-0.4, -0.2) is 75.5 Å². The van der Waals surface area contributed by atoms with E-state index in [1.165, 1.54) is 9.80 Å². The van der Waals surface area contributed by atoms with E-state index in [0.717, 1.165) is 12.8 Å². The molecule has 0 aromatic heterocycles. The third-order valence-corrected chi connectivity index (χ3v) is 4.45. The molecule has 2 atom stereocenters. The molecule has 0 aliphatic carbocycles. The highest BCUT2D eigenvalue weighted by Crippen LogP contribution is 2.18. The third-order valence-electron chi connectivity index (χ3n) is 3.99. The average Bonchev–Trinajstić information content (AvgIpc) is 3.22. The molecule has 0 radical (unpaired) electrons. The van der Waals surface area contributed by atoms with Crippen molar-refractivity contribution in [1.82, 2.24) is 9.80 Å². The lowest BCUT2D eigenvalue weighted by Crippen LogP contribution is -2.44. The van der Waals surface area contributed by atoms with Gasteiger partial charge < -0.3 is 20.6 Å². The van der Waals surface area contributed by atoms with Gasteiger partial charge in [-0.15, -0.1) is 23.2 Å². The van der Waals surface area contributed by atoms with Gasteiger partial charge in [-0.1, -0.05) is 14.9 Å². The molecule has 2 saturated heterocycles. The van der Waals surface area contributed by atoms with Crippen molar-refractivity contribution in [1.29, 1.82) is 0 Å². The van der Waals surface area contributed by atoms with Crippen LogP contribution in [0.15, 0.2) is 0 Å². The van der Waals surface area contributed by atoms with Crippen LogP contribution < -0.4 is 5.73 Å². The van der Waals surface area contributed by atoms with E-state index < -0.39 is 24.0 Å². The number of nitrogens with two attached hydrogens (primary N) is 1. The highest BCUT2D eigenvalue weighted by Gasteiger charge is 2.33. The topological polar surface area (TPSA) is 121 Å². The van der Waals surface area contributed by atoms with Crippen LogP contribution in [0.2, 0.25) is 0 Å². The zero-order valence-corrected chi connectivity index (χ0v) is 14.6. The Labute approximate surface area is 164 Å². The molecule has 2 aliphatic heterocycles. The standard InChI is InChI=1S/C7H11ClN2O2.C7H10ClNO3.2CH4/c8-4-6(11)10-3-1-2-5(10)7(9)12;8-4-6(10)9-3-1-2-5(9)7(11)12;;/h5H,1-4H2,(H2,9,12);5H,1-4H2,(H,11,12);2*1H4. The number of carbonyl (C=O) groups is 4. The monoisotopic (exact) mass is 413 g/mol. The molecular formula is C16H29Cl2N3O5.